The highest BCUT2D eigenvalue weighted by Gasteiger charge is 2.21. The average molecular weight is 295 g/mol. The van der Waals surface area contributed by atoms with Crippen LogP contribution < -0.4 is 5.43 Å². The van der Waals surface area contributed by atoms with Gasteiger partial charge in [0.05, 0.1) is 5.69 Å². The second-order valence-corrected chi connectivity index (χ2v) is 5.35. The number of nitrogens with one attached hydrogen (secondary N) is 1. The average Bonchev–Trinajstić information content (AvgIpc) is 2.56. The van der Waals surface area contributed by atoms with Crippen molar-refractivity contribution in [1.82, 2.24) is 4.90 Å². The molecule has 1 heterocycles. The Morgan fingerprint density at radius 1 is 1.23 bits per heavy atom. The van der Waals surface area contributed by atoms with Gasteiger partial charge in [0.2, 0.25) is 5.71 Å². The van der Waals surface area contributed by atoms with Gasteiger partial charge in [-0.3, -0.25) is 10.2 Å². The molecule has 2 rings (SSSR count). The summed E-state index contributed by atoms with van der Waals surface area (Å²) < 4.78 is 0. The molecule has 0 aliphatic carbocycles. The van der Waals surface area contributed by atoms with Gasteiger partial charge in [-0.1, -0.05) is 6.92 Å². The van der Waals surface area contributed by atoms with Gasteiger partial charge in [-0.2, -0.15) is 15.6 Å². The first-order valence-electron chi connectivity index (χ1n) is 7.17. The summed E-state index contributed by atoms with van der Waals surface area (Å²) in [7, 11) is 0. The largest absolute Gasteiger partial charge is 0.339 e. The summed E-state index contributed by atoms with van der Waals surface area (Å²) in [6.07, 6.45) is 2.09. The standard InChI is InChI=1S/C16H17N5O/c1-12-6-8-21(9-7-12)16(22)13-2-4-14(5-3-13)19-20-15(10-17)11-18/h2-5,12,19H,6-9H2,1H3. The minimum Gasteiger partial charge on any atom is -0.339 e. The van der Waals surface area contributed by atoms with E-state index in [2.05, 4.69) is 17.5 Å². The van der Waals surface area contributed by atoms with Crippen LogP contribution in [0.4, 0.5) is 5.69 Å². The first-order chi connectivity index (χ1) is 10.6. The molecule has 22 heavy (non-hydrogen) atoms. The van der Waals surface area contributed by atoms with E-state index in [4.69, 9.17) is 10.5 Å². The summed E-state index contributed by atoms with van der Waals surface area (Å²) in [5, 5.41) is 20.8. The summed E-state index contributed by atoms with van der Waals surface area (Å²) >= 11 is 0. The Labute approximate surface area is 129 Å². The molecule has 1 aromatic carbocycles. The van der Waals surface area contributed by atoms with E-state index >= 15 is 0 Å². The number of carbonyl (C=O) groups is 1. The maximum Gasteiger partial charge on any atom is 0.253 e. The molecule has 1 aromatic rings. The van der Waals surface area contributed by atoms with E-state index in [-0.39, 0.29) is 11.6 Å². The minimum absolute atomic E-state index is 0.0386. The number of carbonyl (C=O) groups excluding carboxylic acids is 1. The number of nitriles is 2. The first kappa shape index (κ1) is 15.5. The number of amides is 1. The van der Waals surface area contributed by atoms with Gasteiger partial charge in [0.25, 0.3) is 5.91 Å². The van der Waals surface area contributed by atoms with Crippen LogP contribution in [0.2, 0.25) is 0 Å². The van der Waals surface area contributed by atoms with Crippen LogP contribution in [-0.4, -0.2) is 29.6 Å². The number of likely N-dealkylation sites (tertiary alicyclic amines) is 1. The molecule has 0 spiro atoms. The molecule has 1 N–H and O–H groups in total. The molecule has 0 atom stereocenters. The van der Waals surface area contributed by atoms with Crippen LogP contribution in [-0.2, 0) is 0 Å². The van der Waals surface area contributed by atoms with Gasteiger partial charge in [-0.05, 0) is 43.0 Å². The van der Waals surface area contributed by atoms with E-state index in [1.165, 1.54) is 0 Å². The summed E-state index contributed by atoms with van der Waals surface area (Å²) in [6.45, 7) is 3.82. The van der Waals surface area contributed by atoms with Crippen LogP contribution >= 0.6 is 0 Å². The Bertz CT molecular complexity index is 627. The highest BCUT2D eigenvalue weighted by molar-refractivity contribution is 6.10. The Morgan fingerprint density at radius 3 is 2.36 bits per heavy atom. The Kier molecular flexibility index (Phi) is 5.11. The third kappa shape index (κ3) is 3.83. The number of hydrogen-bond acceptors (Lipinski definition) is 5. The van der Waals surface area contributed by atoms with Crippen molar-refractivity contribution in [3.63, 3.8) is 0 Å². The quantitative estimate of drug-likeness (QED) is 0.684. The number of nitrogens with zero attached hydrogens (tertiary/aromatic N) is 4. The lowest BCUT2D eigenvalue weighted by molar-refractivity contribution is 0.0697. The second kappa shape index (κ2) is 7.24. The van der Waals surface area contributed by atoms with E-state index in [1.54, 1.807) is 36.4 Å². The number of benzene rings is 1. The van der Waals surface area contributed by atoms with E-state index in [0.717, 1.165) is 25.9 Å². The van der Waals surface area contributed by atoms with E-state index < -0.39 is 0 Å². The number of anilines is 1. The molecule has 1 aliphatic rings. The van der Waals surface area contributed by atoms with Gasteiger partial charge in [-0.25, -0.2) is 0 Å². The molecule has 0 bridgehead atoms. The topological polar surface area (TPSA) is 92.3 Å². The zero-order valence-electron chi connectivity index (χ0n) is 12.4. The SMILES string of the molecule is CC1CCN(C(=O)c2ccc(NN=C(C#N)C#N)cc2)CC1. The van der Waals surface area contributed by atoms with Crippen molar-refractivity contribution in [2.45, 2.75) is 19.8 Å². The van der Waals surface area contributed by atoms with Crippen molar-refractivity contribution in [2.24, 2.45) is 11.0 Å². The van der Waals surface area contributed by atoms with Crippen molar-refractivity contribution in [2.75, 3.05) is 18.5 Å². The zero-order chi connectivity index (χ0) is 15.9. The van der Waals surface area contributed by atoms with Gasteiger partial charge in [-0.15, -0.1) is 0 Å². The molecule has 1 fully saturated rings. The molecule has 0 unspecified atom stereocenters. The van der Waals surface area contributed by atoms with Crippen LogP contribution in [0.15, 0.2) is 29.4 Å². The highest BCUT2D eigenvalue weighted by Crippen LogP contribution is 2.19. The molecule has 6 heteroatoms. The lowest BCUT2D eigenvalue weighted by atomic mass is 9.98. The molecule has 0 saturated carbocycles. The van der Waals surface area contributed by atoms with Crippen LogP contribution in [0.3, 0.4) is 0 Å². The Hall–Kier alpha value is -2.86. The maximum atomic E-state index is 12.4. The molecular formula is C16H17N5O. The molecular weight excluding hydrogens is 278 g/mol. The monoisotopic (exact) mass is 295 g/mol. The summed E-state index contributed by atoms with van der Waals surface area (Å²) in [6, 6.07) is 10.2. The fraction of sp³-hybridized carbons (Fsp3) is 0.375. The van der Waals surface area contributed by atoms with Crippen LogP contribution in [0, 0.1) is 28.6 Å². The lowest BCUT2D eigenvalue weighted by Crippen LogP contribution is -2.37. The van der Waals surface area contributed by atoms with E-state index in [0.29, 0.717) is 17.2 Å². The van der Waals surface area contributed by atoms with Crippen molar-refractivity contribution in [3.8, 4) is 12.1 Å². The van der Waals surface area contributed by atoms with Gasteiger partial charge in [0.15, 0.2) is 0 Å². The molecule has 6 nitrogen and oxygen atoms in total. The summed E-state index contributed by atoms with van der Waals surface area (Å²) in [4.78, 5) is 14.2. The number of piperidine rings is 1. The predicted molar refractivity (Wildman–Crippen MR) is 83.0 cm³/mol. The molecule has 0 radical (unpaired) electrons. The molecule has 0 aromatic heterocycles. The number of hydrogen-bond donors (Lipinski definition) is 1. The maximum absolute atomic E-state index is 12.4. The smallest absolute Gasteiger partial charge is 0.253 e. The van der Waals surface area contributed by atoms with Gasteiger partial charge < -0.3 is 4.90 Å². The fourth-order valence-electron chi connectivity index (χ4n) is 2.28. The molecule has 112 valence electrons. The predicted octanol–water partition coefficient (Wildman–Crippen LogP) is 2.37. The third-order valence-electron chi connectivity index (χ3n) is 3.71. The van der Waals surface area contributed by atoms with E-state index in [9.17, 15) is 4.79 Å². The fourth-order valence-corrected chi connectivity index (χ4v) is 2.28. The second-order valence-electron chi connectivity index (χ2n) is 5.35. The van der Waals surface area contributed by atoms with Crippen molar-refractivity contribution >= 4 is 17.3 Å². The molecule has 1 amide bonds. The lowest BCUT2D eigenvalue weighted by Gasteiger charge is -2.30. The summed E-state index contributed by atoms with van der Waals surface area (Å²) in [5.74, 6) is 0.722. The molecule has 1 aliphatic heterocycles. The molecule has 1 saturated heterocycles. The van der Waals surface area contributed by atoms with Crippen molar-refractivity contribution in [1.29, 1.82) is 10.5 Å². The van der Waals surface area contributed by atoms with Crippen LogP contribution in [0.5, 0.6) is 0 Å². The Balaban J connectivity index is 2.00. The third-order valence-corrected chi connectivity index (χ3v) is 3.71. The first-order valence-corrected chi connectivity index (χ1v) is 7.17. The minimum atomic E-state index is -0.248. The highest BCUT2D eigenvalue weighted by atomic mass is 16.2. The normalized spacial score (nSPS) is 14.6. The van der Waals surface area contributed by atoms with Crippen molar-refractivity contribution < 1.29 is 4.79 Å². The number of hydrazone groups is 1. The summed E-state index contributed by atoms with van der Waals surface area (Å²) in [5.41, 5.74) is 3.62. The number of rotatable bonds is 3. The van der Waals surface area contributed by atoms with E-state index in [1.807, 2.05) is 4.90 Å². The van der Waals surface area contributed by atoms with Gasteiger partial charge >= 0.3 is 0 Å². The van der Waals surface area contributed by atoms with Crippen LogP contribution in [0.1, 0.15) is 30.1 Å². The zero-order valence-corrected chi connectivity index (χ0v) is 12.4. The Morgan fingerprint density at radius 2 is 1.82 bits per heavy atom. The van der Waals surface area contributed by atoms with Crippen molar-refractivity contribution in [3.05, 3.63) is 29.8 Å². The van der Waals surface area contributed by atoms with Gasteiger partial charge in [0.1, 0.15) is 12.1 Å². The van der Waals surface area contributed by atoms with Crippen LogP contribution in [0.25, 0.3) is 0 Å². The van der Waals surface area contributed by atoms with Gasteiger partial charge in [0, 0.05) is 18.7 Å².